The van der Waals surface area contributed by atoms with E-state index in [0.717, 1.165) is 16.9 Å². The van der Waals surface area contributed by atoms with Gasteiger partial charge in [0.2, 0.25) is 0 Å². The topological polar surface area (TPSA) is 38.9 Å². The standard InChI is InChI=1S/C15H10Cl2N2O/c1-9-11(7-8-20-9)15-18-13(16)12(14(17)19-15)10-5-3-2-4-6-10/h2-8H,1H3. The predicted molar refractivity (Wildman–Crippen MR) is 79.9 cm³/mol. The van der Waals surface area contributed by atoms with E-state index in [2.05, 4.69) is 9.97 Å². The highest BCUT2D eigenvalue weighted by Gasteiger charge is 2.16. The van der Waals surface area contributed by atoms with Gasteiger partial charge >= 0.3 is 0 Å². The SMILES string of the molecule is Cc1occc1-c1nc(Cl)c(-c2ccccc2)c(Cl)n1. The largest absolute Gasteiger partial charge is 0.469 e. The van der Waals surface area contributed by atoms with Crippen LogP contribution in [0.1, 0.15) is 5.76 Å². The number of nitrogens with zero attached hydrogens (tertiary/aromatic N) is 2. The average molecular weight is 305 g/mol. The van der Waals surface area contributed by atoms with Crippen molar-refractivity contribution in [1.29, 1.82) is 0 Å². The summed E-state index contributed by atoms with van der Waals surface area (Å²) in [6, 6.07) is 11.4. The van der Waals surface area contributed by atoms with E-state index in [9.17, 15) is 0 Å². The van der Waals surface area contributed by atoms with Crippen LogP contribution < -0.4 is 0 Å². The monoisotopic (exact) mass is 304 g/mol. The Morgan fingerprint density at radius 1 is 0.950 bits per heavy atom. The molecule has 0 spiro atoms. The Labute approximate surface area is 126 Å². The second-order valence-corrected chi connectivity index (χ2v) is 4.98. The first-order chi connectivity index (χ1) is 9.66. The van der Waals surface area contributed by atoms with Crippen molar-refractivity contribution in [3.05, 3.63) is 58.7 Å². The maximum Gasteiger partial charge on any atom is 0.166 e. The van der Waals surface area contributed by atoms with E-state index in [1.165, 1.54) is 0 Å². The van der Waals surface area contributed by atoms with Gasteiger partial charge in [-0.2, -0.15) is 0 Å². The lowest BCUT2D eigenvalue weighted by Gasteiger charge is -2.08. The number of rotatable bonds is 2. The molecule has 0 radical (unpaired) electrons. The van der Waals surface area contributed by atoms with Crippen molar-refractivity contribution in [2.45, 2.75) is 6.92 Å². The molecule has 100 valence electrons. The molecule has 0 atom stereocenters. The second kappa shape index (κ2) is 5.27. The van der Waals surface area contributed by atoms with Crippen LogP contribution in [-0.2, 0) is 0 Å². The van der Waals surface area contributed by atoms with Crippen molar-refractivity contribution in [1.82, 2.24) is 9.97 Å². The van der Waals surface area contributed by atoms with Gasteiger partial charge in [0.05, 0.1) is 17.4 Å². The molecule has 0 saturated heterocycles. The number of benzene rings is 1. The number of hydrogen-bond acceptors (Lipinski definition) is 3. The third kappa shape index (κ3) is 2.30. The first-order valence-electron chi connectivity index (χ1n) is 5.99. The van der Waals surface area contributed by atoms with Gasteiger partial charge in [-0.25, -0.2) is 9.97 Å². The Morgan fingerprint density at radius 2 is 1.60 bits per heavy atom. The zero-order chi connectivity index (χ0) is 14.1. The zero-order valence-corrected chi connectivity index (χ0v) is 12.1. The highest BCUT2D eigenvalue weighted by Crippen LogP contribution is 2.34. The molecule has 2 aromatic heterocycles. The molecular weight excluding hydrogens is 295 g/mol. The maximum absolute atomic E-state index is 6.27. The van der Waals surface area contributed by atoms with Gasteiger partial charge in [0.25, 0.3) is 0 Å². The summed E-state index contributed by atoms with van der Waals surface area (Å²) in [4.78, 5) is 8.65. The normalized spacial score (nSPS) is 10.8. The van der Waals surface area contributed by atoms with E-state index in [0.29, 0.717) is 21.7 Å². The van der Waals surface area contributed by atoms with Crippen molar-refractivity contribution < 1.29 is 4.42 Å². The van der Waals surface area contributed by atoms with Crippen molar-refractivity contribution in [2.24, 2.45) is 0 Å². The molecule has 0 N–H and O–H groups in total. The summed E-state index contributed by atoms with van der Waals surface area (Å²) in [5.41, 5.74) is 2.31. The minimum Gasteiger partial charge on any atom is -0.469 e. The summed E-state index contributed by atoms with van der Waals surface area (Å²) in [6.07, 6.45) is 1.58. The number of aryl methyl sites for hydroxylation is 1. The van der Waals surface area contributed by atoms with Crippen molar-refractivity contribution in [2.75, 3.05) is 0 Å². The van der Waals surface area contributed by atoms with Gasteiger partial charge in [-0.3, -0.25) is 0 Å². The summed E-state index contributed by atoms with van der Waals surface area (Å²) >= 11 is 12.5. The fourth-order valence-electron chi connectivity index (χ4n) is 1.99. The summed E-state index contributed by atoms with van der Waals surface area (Å²) in [5.74, 6) is 1.19. The molecule has 2 heterocycles. The Balaban J connectivity index is 2.15. The number of halogens is 2. The maximum atomic E-state index is 6.27. The second-order valence-electron chi connectivity index (χ2n) is 4.26. The molecule has 3 nitrogen and oxygen atoms in total. The first-order valence-corrected chi connectivity index (χ1v) is 6.75. The zero-order valence-electron chi connectivity index (χ0n) is 10.6. The molecule has 0 unspecified atom stereocenters. The highest BCUT2D eigenvalue weighted by molar-refractivity contribution is 6.37. The summed E-state index contributed by atoms with van der Waals surface area (Å²) in [5, 5.41) is 0.651. The quantitative estimate of drug-likeness (QED) is 0.624. The van der Waals surface area contributed by atoms with Crippen LogP contribution in [0.15, 0.2) is 47.1 Å². The van der Waals surface area contributed by atoms with Crippen LogP contribution in [0.4, 0.5) is 0 Å². The van der Waals surface area contributed by atoms with Gasteiger partial charge in [-0.15, -0.1) is 0 Å². The van der Waals surface area contributed by atoms with Crippen molar-refractivity contribution in [3.8, 4) is 22.5 Å². The molecule has 0 aliphatic rings. The van der Waals surface area contributed by atoms with Crippen LogP contribution in [0.2, 0.25) is 10.3 Å². The van der Waals surface area contributed by atoms with Gasteiger partial charge in [0.15, 0.2) is 5.82 Å². The molecule has 0 saturated carbocycles. The van der Waals surface area contributed by atoms with Gasteiger partial charge in [-0.1, -0.05) is 53.5 Å². The highest BCUT2D eigenvalue weighted by atomic mass is 35.5. The van der Waals surface area contributed by atoms with Crippen LogP contribution in [0.25, 0.3) is 22.5 Å². The third-order valence-corrected chi connectivity index (χ3v) is 3.53. The number of aromatic nitrogens is 2. The van der Waals surface area contributed by atoms with Crippen molar-refractivity contribution in [3.63, 3.8) is 0 Å². The Hall–Kier alpha value is -1.84. The van der Waals surface area contributed by atoms with Crippen LogP contribution in [0, 0.1) is 6.92 Å². The Kier molecular flexibility index (Phi) is 3.47. The summed E-state index contributed by atoms with van der Waals surface area (Å²) in [6.45, 7) is 1.84. The molecule has 0 aliphatic heterocycles. The number of furan rings is 1. The number of hydrogen-bond donors (Lipinski definition) is 0. The van der Waals surface area contributed by atoms with E-state index in [4.69, 9.17) is 27.6 Å². The Morgan fingerprint density at radius 3 is 2.15 bits per heavy atom. The van der Waals surface area contributed by atoms with Crippen LogP contribution in [-0.4, -0.2) is 9.97 Å². The molecule has 0 amide bonds. The van der Waals surface area contributed by atoms with E-state index in [1.54, 1.807) is 12.3 Å². The molecule has 1 aromatic carbocycles. The lowest BCUT2D eigenvalue weighted by atomic mass is 10.1. The van der Waals surface area contributed by atoms with E-state index >= 15 is 0 Å². The lowest BCUT2D eigenvalue weighted by Crippen LogP contribution is -1.94. The fraction of sp³-hybridized carbons (Fsp3) is 0.0667. The molecule has 3 aromatic rings. The van der Waals surface area contributed by atoms with Crippen LogP contribution in [0.5, 0.6) is 0 Å². The Bertz CT molecular complexity index is 731. The van der Waals surface area contributed by atoms with Crippen LogP contribution >= 0.6 is 23.2 Å². The minimum absolute atomic E-state index is 0.326. The minimum atomic E-state index is 0.326. The molecule has 5 heteroatoms. The van der Waals surface area contributed by atoms with Crippen molar-refractivity contribution >= 4 is 23.2 Å². The lowest BCUT2D eigenvalue weighted by molar-refractivity contribution is 0.535. The van der Waals surface area contributed by atoms with Gasteiger partial charge in [0.1, 0.15) is 16.1 Å². The van der Waals surface area contributed by atoms with E-state index < -0.39 is 0 Å². The summed E-state index contributed by atoms with van der Waals surface area (Å²) in [7, 11) is 0. The molecule has 20 heavy (non-hydrogen) atoms. The molecule has 0 fully saturated rings. The van der Waals surface area contributed by atoms with Gasteiger partial charge < -0.3 is 4.42 Å². The predicted octanol–water partition coefficient (Wildman–Crippen LogP) is 5.02. The molecule has 0 bridgehead atoms. The molecule has 0 aliphatic carbocycles. The first kappa shape index (κ1) is 13.2. The van der Waals surface area contributed by atoms with Gasteiger partial charge in [0, 0.05) is 0 Å². The molecule has 3 rings (SSSR count). The third-order valence-electron chi connectivity index (χ3n) is 2.98. The summed E-state index contributed by atoms with van der Waals surface area (Å²) < 4.78 is 5.25. The van der Waals surface area contributed by atoms with Crippen LogP contribution in [0.3, 0.4) is 0 Å². The molecular formula is C15H10Cl2N2O. The smallest absolute Gasteiger partial charge is 0.166 e. The van der Waals surface area contributed by atoms with E-state index in [-0.39, 0.29) is 0 Å². The fourth-order valence-corrected chi connectivity index (χ4v) is 2.59. The average Bonchev–Trinajstić information content (AvgIpc) is 2.85. The van der Waals surface area contributed by atoms with E-state index in [1.807, 2.05) is 37.3 Å². The van der Waals surface area contributed by atoms with Gasteiger partial charge in [-0.05, 0) is 18.6 Å².